The van der Waals surface area contributed by atoms with Crippen LogP contribution in [0.15, 0.2) is 30.0 Å². The Labute approximate surface area is 106 Å². The fraction of sp³-hybridized carbons (Fsp3) is 0.357. The van der Waals surface area contributed by atoms with Gasteiger partial charge in [-0.15, -0.1) is 0 Å². The predicted molar refractivity (Wildman–Crippen MR) is 67.3 cm³/mol. The van der Waals surface area contributed by atoms with Crippen LogP contribution in [0.4, 0.5) is 0 Å². The highest BCUT2D eigenvalue weighted by Crippen LogP contribution is 2.32. The van der Waals surface area contributed by atoms with Gasteiger partial charge in [-0.2, -0.15) is 0 Å². The van der Waals surface area contributed by atoms with Gasteiger partial charge in [-0.25, -0.2) is 4.79 Å². The molecule has 2 rings (SSSR count). The van der Waals surface area contributed by atoms with Crippen LogP contribution in [0.5, 0.6) is 5.75 Å². The number of esters is 1. The molecule has 4 nitrogen and oxygen atoms in total. The number of hydrogen-bond acceptors (Lipinski definition) is 4. The van der Waals surface area contributed by atoms with E-state index < -0.39 is 12.1 Å². The lowest BCUT2D eigenvalue weighted by Crippen LogP contribution is -2.18. The van der Waals surface area contributed by atoms with Crippen LogP contribution >= 0.6 is 0 Å². The Morgan fingerprint density at radius 2 is 1.89 bits per heavy atom. The molecule has 0 radical (unpaired) electrons. The molecule has 4 heteroatoms. The average molecular weight is 248 g/mol. The third-order valence-electron chi connectivity index (χ3n) is 2.95. The van der Waals surface area contributed by atoms with Crippen molar-refractivity contribution in [2.75, 3.05) is 7.11 Å². The summed E-state index contributed by atoms with van der Waals surface area (Å²) in [5.74, 6) is 0.284. The zero-order valence-electron chi connectivity index (χ0n) is 10.6. The van der Waals surface area contributed by atoms with Crippen molar-refractivity contribution in [2.45, 2.75) is 20.0 Å². The Morgan fingerprint density at radius 1 is 1.28 bits per heavy atom. The van der Waals surface area contributed by atoms with E-state index in [4.69, 9.17) is 9.47 Å². The number of aliphatic hydroxyl groups excluding tert-OH is 1. The van der Waals surface area contributed by atoms with Crippen LogP contribution in [-0.4, -0.2) is 24.3 Å². The van der Waals surface area contributed by atoms with Crippen LogP contribution < -0.4 is 4.74 Å². The van der Waals surface area contributed by atoms with Gasteiger partial charge in [0.15, 0.2) is 6.10 Å². The van der Waals surface area contributed by atoms with Crippen molar-refractivity contribution >= 4 is 11.5 Å². The van der Waals surface area contributed by atoms with Gasteiger partial charge in [0.2, 0.25) is 0 Å². The number of cyclic esters (lactones) is 1. The molecule has 0 unspecified atom stereocenters. The van der Waals surface area contributed by atoms with E-state index in [-0.39, 0.29) is 17.3 Å². The monoisotopic (exact) mass is 248 g/mol. The minimum absolute atomic E-state index is 0.0140. The molecule has 1 atom stereocenters. The average Bonchev–Trinajstić information content (AvgIpc) is 2.65. The Hall–Kier alpha value is -1.97. The zero-order chi connectivity index (χ0) is 13.3. The Bertz CT molecular complexity index is 485. The van der Waals surface area contributed by atoms with Crippen molar-refractivity contribution in [3.05, 3.63) is 35.6 Å². The van der Waals surface area contributed by atoms with E-state index in [0.717, 1.165) is 0 Å². The van der Waals surface area contributed by atoms with E-state index in [1.54, 1.807) is 31.4 Å². The second-order valence-corrected chi connectivity index (χ2v) is 4.56. The lowest BCUT2D eigenvalue weighted by Gasteiger charge is -2.13. The van der Waals surface area contributed by atoms with Crippen LogP contribution in [-0.2, 0) is 9.53 Å². The van der Waals surface area contributed by atoms with Crippen molar-refractivity contribution < 1.29 is 19.4 Å². The zero-order valence-corrected chi connectivity index (χ0v) is 10.6. The molecule has 0 saturated heterocycles. The van der Waals surface area contributed by atoms with E-state index in [2.05, 4.69) is 0 Å². The lowest BCUT2D eigenvalue weighted by molar-refractivity contribution is -0.140. The summed E-state index contributed by atoms with van der Waals surface area (Å²) < 4.78 is 10.2. The minimum atomic E-state index is -0.547. The fourth-order valence-electron chi connectivity index (χ4n) is 1.95. The maximum Gasteiger partial charge on any atom is 0.343 e. The molecule has 0 fully saturated rings. The Morgan fingerprint density at radius 3 is 2.33 bits per heavy atom. The largest absolute Gasteiger partial charge is 0.507 e. The molecule has 1 aromatic rings. The molecule has 0 spiro atoms. The Balaban J connectivity index is 2.38. The Kier molecular flexibility index (Phi) is 3.28. The fourth-order valence-corrected chi connectivity index (χ4v) is 1.95. The van der Waals surface area contributed by atoms with E-state index in [1.165, 1.54) is 0 Å². The number of aliphatic hydroxyl groups is 1. The second kappa shape index (κ2) is 4.72. The van der Waals surface area contributed by atoms with Gasteiger partial charge in [-0.05, 0) is 23.6 Å². The van der Waals surface area contributed by atoms with Gasteiger partial charge in [0.25, 0.3) is 0 Å². The molecule has 18 heavy (non-hydrogen) atoms. The molecule has 0 aromatic heterocycles. The topological polar surface area (TPSA) is 55.8 Å². The molecule has 1 heterocycles. The quantitative estimate of drug-likeness (QED) is 0.835. The first-order valence-corrected chi connectivity index (χ1v) is 5.83. The minimum Gasteiger partial charge on any atom is -0.507 e. The maximum atomic E-state index is 11.8. The van der Waals surface area contributed by atoms with E-state index in [1.807, 2.05) is 13.8 Å². The van der Waals surface area contributed by atoms with Gasteiger partial charge >= 0.3 is 5.97 Å². The van der Waals surface area contributed by atoms with Gasteiger partial charge in [0.05, 0.1) is 7.11 Å². The van der Waals surface area contributed by atoms with Crippen LogP contribution in [0.25, 0.3) is 5.57 Å². The van der Waals surface area contributed by atoms with E-state index >= 15 is 0 Å². The van der Waals surface area contributed by atoms with Crippen molar-refractivity contribution in [3.63, 3.8) is 0 Å². The summed E-state index contributed by atoms with van der Waals surface area (Å²) in [6.07, 6.45) is -0.547. The summed E-state index contributed by atoms with van der Waals surface area (Å²) in [5.41, 5.74) is 0.887. The smallest absolute Gasteiger partial charge is 0.343 e. The van der Waals surface area contributed by atoms with Gasteiger partial charge in [0.1, 0.15) is 17.1 Å². The third-order valence-corrected chi connectivity index (χ3v) is 2.95. The standard InChI is InChI=1S/C14H16O4/c1-8(2)13-12(15)11(14(16)18-13)9-4-6-10(17-3)7-5-9/h4-8,13,15H,1-3H3/t13-/m0/s1. The van der Waals surface area contributed by atoms with Crippen molar-refractivity contribution in [3.8, 4) is 5.75 Å². The van der Waals surface area contributed by atoms with Gasteiger partial charge in [0, 0.05) is 0 Å². The molecule has 1 aromatic carbocycles. The van der Waals surface area contributed by atoms with Crippen molar-refractivity contribution in [1.29, 1.82) is 0 Å². The van der Waals surface area contributed by atoms with Gasteiger partial charge in [-0.3, -0.25) is 0 Å². The molecule has 96 valence electrons. The SMILES string of the molecule is COc1ccc(C2=C(O)[C@H](C(C)C)OC2=O)cc1. The van der Waals surface area contributed by atoms with E-state index in [0.29, 0.717) is 11.3 Å². The molecule has 1 N–H and O–H groups in total. The third kappa shape index (κ3) is 2.06. The molecule has 0 amide bonds. The van der Waals surface area contributed by atoms with Crippen LogP contribution in [0.2, 0.25) is 0 Å². The number of methoxy groups -OCH3 is 1. The summed E-state index contributed by atoms with van der Waals surface area (Å²) in [4.78, 5) is 11.8. The van der Waals surface area contributed by atoms with E-state index in [9.17, 15) is 9.90 Å². The summed E-state index contributed by atoms with van der Waals surface area (Å²) in [5, 5.41) is 10.1. The van der Waals surface area contributed by atoms with Crippen LogP contribution in [0.1, 0.15) is 19.4 Å². The first-order chi connectivity index (χ1) is 8.54. The van der Waals surface area contributed by atoms with Crippen molar-refractivity contribution in [1.82, 2.24) is 0 Å². The molecule has 1 aliphatic rings. The van der Waals surface area contributed by atoms with Gasteiger partial charge in [-0.1, -0.05) is 26.0 Å². The number of hydrogen-bond donors (Lipinski definition) is 1. The van der Waals surface area contributed by atoms with Gasteiger partial charge < -0.3 is 14.6 Å². The summed E-state index contributed by atoms with van der Waals surface area (Å²) in [7, 11) is 1.57. The molecule has 0 saturated carbocycles. The molecule has 0 bridgehead atoms. The summed E-state index contributed by atoms with van der Waals surface area (Å²) in [6.45, 7) is 3.79. The number of benzene rings is 1. The first kappa shape index (κ1) is 12.5. The maximum absolute atomic E-state index is 11.8. The second-order valence-electron chi connectivity index (χ2n) is 4.56. The number of carbonyl (C=O) groups is 1. The number of carbonyl (C=O) groups excluding carboxylic acids is 1. The van der Waals surface area contributed by atoms with Crippen LogP contribution in [0, 0.1) is 5.92 Å². The molecular weight excluding hydrogens is 232 g/mol. The predicted octanol–water partition coefficient (Wildman–Crippen LogP) is 2.55. The molecule has 0 aliphatic carbocycles. The highest BCUT2D eigenvalue weighted by molar-refractivity contribution is 6.19. The highest BCUT2D eigenvalue weighted by atomic mass is 16.6. The molecular formula is C14H16O4. The lowest BCUT2D eigenvalue weighted by atomic mass is 10.0. The van der Waals surface area contributed by atoms with Crippen LogP contribution in [0.3, 0.4) is 0 Å². The highest BCUT2D eigenvalue weighted by Gasteiger charge is 2.36. The summed E-state index contributed by atoms with van der Waals surface area (Å²) in [6, 6.07) is 6.94. The molecule has 1 aliphatic heterocycles. The first-order valence-electron chi connectivity index (χ1n) is 5.83. The summed E-state index contributed by atoms with van der Waals surface area (Å²) >= 11 is 0. The number of rotatable bonds is 3. The normalized spacial score (nSPS) is 19.3. The van der Waals surface area contributed by atoms with Crippen molar-refractivity contribution in [2.24, 2.45) is 5.92 Å². The number of ether oxygens (including phenoxy) is 2.